The van der Waals surface area contributed by atoms with E-state index in [1.807, 2.05) is 30.3 Å². The zero-order valence-corrected chi connectivity index (χ0v) is 10.6. The van der Waals surface area contributed by atoms with Crippen molar-refractivity contribution in [2.45, 2.75) is 38.9 Å². The molecule has 0 spiro atoms. The van der Waals surface area contributed by atoms with Crippen LogP contribution in [0.4, 0.5) is 0 Å². The zero-order valence-electron chi connectivity index (χ0n) is 10.6. The summed E-state index contributed by atoms with van der Waals surface area (Å²) >= 11 is 0. The summed E-state index contributed by atoms with van der Waals surface area (Å²) in [4.78, 5) is 0. The highest BCUT2D eigenvalue weighted by molar-refractivity contribution is 6.54. The Kier molecular flexibility index (Phi) is 3.56. The summed E-state index contributed by atoms with van der Waals surface area (Å²) in [7, 11) is -0.422. The highest BCUT2D eigenvalue weighted by Gasteiger charge is 2.36. The first-order valence-electron chi connectivity index (χ1n) is 5.95. The molecule has 2 rings (SSSR count). The Balaban J connectivity index is 2.07. The third-order valence-electron chi connectivity index (χ3n) is 2.67. The van der Waals surface area contributed by atoms with E-state index in [0.29, 0.717) is 0 Å². The van der Waals surface area contributed by atoms with E-state index in [1.54, 1.807) is 0 Å². The first-order chi connectivity index (χ1) is 8.05. The van der Waals surface area contributed by atoms with Crippen LogP contribution in [0.25, 0.3) is 0 Å². The van der Waals surface area contributed by atoms with Gasteiger partial charge >= 0.3 is 7.12 Å². The lowest BCUT2D eigenvalue weighted by molar-refractivity contribution is -0.0225. The predicted octanol–water partition coefficient (Wildman–Crippen LogP) is 2.67. The number of rotatable bonds is 0. The molecule has 1 atom stereocenters. The third kappa shape index (κ3) is 3.62. The van der Waals surface area contributed by atoms with Gasteiger partial charge in [0.1, 0.15) is 0 Å². The maximum atomic E-state index is 5.77. The molecule has 1 fully saturated rings. The molecule has 1 aliphatic heterocycles. The summed E-state index contributed by atoms with van der Waals surface area (Å²) in [5.41, 5.74) is 0.823. The molecule has 1 aromatic carbocycles. The van der Waals surface area contributed by atoms with Crippen LogP contribution in [0, 0.1) is 11.7 Å². The summed E-state index contributed by atoms with van der Waals surface area (Å²) in [5.74, 6) is 6.10. The normalized spacial score (nSPS) is 22.8. The van der Waals surface area contributed by atoms with Gasteiger partial charge in [-0.05, 0) is 39.3 Å². The van der Waals surface area contributed by atoms with Gasteiger partial charge in [-0.1, -0.05) is 29.9 Å². The lowest BCUT2D eigenvalue weighted by Crippen LogP contribution is -2.45. The molecule has 17 heavy (non-hydrogen) atoms. The topological polar surface area (TPSA) is 18.5 Å². The first-order valence-corrected chi connectivity index (χ1v) is 5.95. The van der Waals surface area contributed by atoms with Crippen molar-refractivity contribution < 1.29 is 9.31 Å². The molecular formula is C14H17BO2. The van der Waals surface area contributed by atoms with Gasteiger partial charge in [-0.3, -0.25) is 0 Å². The van der Waals surface area contributed by atoms with Crippen molar-refractivity contribution in [3.63, 3.8) is 0 Å². The number of benzene rings is 1. The zero-order chi connectivity index (χ0) is 12.3. The summed E-state index contributed by atoms with van der Waals surface area (Å²) in [6.45, 7) is 6.20. The molecule has 0 radical (unpaired) electrons. The second kappa shape index (κ2) is 4.95. The molecular weight excluding hydrogens is 211 g/mol. The van der Waals surface area contributed by atoms with Crippen molar-refractivity contribution >= 4 is 7.12 Å². The van der Waals surface area contributed by atoms with Crippen LogP contribution in [0.1, 0.15) is 32.8 Å². The monoisotopic (exact) mass is 228 g/mol. The van der Waals surface area contributed by atoms with Gasteiger partial charge in [-0.15, -0.1) is 0 Å². The second-order valence-electron chi connectivity index (χ2n) is 5.00. The van der Waals surface area contributed by atoms with Crippen LogP contribution < -0.4 is 0 Å². The van der Waals surface area contributed by atoms with E-state index in [4.69, 9.17) is 9.31 Å². The fourth-order valence-corrected chi connectivity index (χ4v) is 2.04. The Morgan fingerprint density at radius 1 is 1.29 bits per heavy atom. The molecule has 1 aromatic rings. The largest absolute Gasteiger partial charge is 0.551 e. The SMILES string of the molecule is CC1CC(C)(C)OB(C#Cc2ccccc2)O1. The molecule has 1 heterocycles. The van der Waals surface area contributed by atoms with Crippen LogP contribution >= 0.6 is 0 Å². The van der Waals surface area contributed by atoms with Gasteiger partial charge in [-0.2, -0.15) is 0 Å². The number of hydrogen-bond acceptors (Lipinski definition) is 2. The molecule has 0 amide bonds. The summed E-state index contributed by atoms with van der Waals surface area (Å²) in [6, 6.07) is 9.87. The molecule has 88 valence electrons. The van der Waals surface area contributed by atoms with Crippen LogP contribution in [0.15, 0.2) is 30.3 Å². The molecule has 1 aliphatic rings. The smallest absolute Gasteiger partial charge is 0.398 e. The maximum absolute atomic E-state index is 5.77. The van der Waals surface area contributed by atoms with Gasteiger partial charge in [0.05, 0.1) is 5.60 Å². The molecule has 0 aliphatic carbocycles. The van der Waals surface area contributed by atoms with Crippen molar-refractivity contribution in [1.82, 2.24) is 0 Å². The summed E-state index contributed by atoms with van der Waals surface area (Å²) in [5, 5.41) is 0. The molecule has 0 saturated carbocycles. The molecule has 1 unspecified atom stereocenters. The highest BCUT2D eigenvalue weighted by atomic mass is 16.6. The van der Waals surface area contributed by atoms with Crippen molar-refractivity contribution in [2.75, 3.05) is 0 Å². The van der Waals surface area contributed by atoms with Gasteiger partial charge in [0.25, 0.3) is 0 Å². The van der Waals surface area contributed by atoms with Crippen LogP contribution in [0.5, 0.6) is 0 Å². The molecule has 3 heteroatoms. The molecule has 0 aromatic heterocycles. The van der Waals surface area contributed by atoms with E-state index in [0.717, 1.165) is 12.0 Å². The predicted molar refractivity (Wildman–Crippen MR) is 69.4 cm³/mol. The van der Waals surface area contributed by atoms with Gasteiger partial charge in [0.15, 0.2) is 0 Å². The molecule has 0 N–H and O–H groups in total. The molecule has 2 nitrogen and oxygen atoms in total. The fraction of sp³-hybridized carbons (Fsp3) is 0.429. The summed E-state index contributed by atoms with van der Waals surface area (Å²) < 4.78 is 11.4. The molecule has 1 saturated heterocycles. The van der Waals surface area contributed by atoms with E-state index in [2.05, 4.69) is 32.5 Å². The van der Waals surface area contributed by atoms with E-state index in [9.17, 15) is 0 Å². The van der Waals surface area contributed by atoms with Crippen molar-refractivity contribution in [1.29, 1.82) is 0 Å². The lowest BCUT2D eigenvalue weighted by atomic mass is 9.83. The van der Waals surface area contributed by atoms with E-state index < -0.39 is 7.12 Å². The standard InChI is InChI=1S/C14H17BO2/c1-12-11-14(2,3)17-15(16-12)10-9-13-7-5-4-6-8-13/h4-8,12H,11H2,1-3H3. The highest BCUT2D eigenvalue weighted by Crippen LogP contribution is 2.25. The van der Waals surface area contributed by atoms with Crippen LogP contribution in [-0.2, 0) is 9.31 Å². The molecule has 0 bridgehead atoms. The minimum atomic E-state index is -0.422. The third-order valence-corrected chi connectivity index (χ3v) is 2.67. The quantitative estimate of drug-likeness (QED) is 0.502. The minimum absolute atomic E-state index is 0.159. The Bertz CT molecular complexity index is 431. The van der Waals surface area contributed by atoms with Crippen molar-refractivity contribution in [3.8, 4) is 11.7 Å². The van der Waals surface area contributed by atoms with Crippen LogP contribution in [0.3, 0.4) is 0 Å². The van der Waals surface area contributed by atoms with Gasteiger partial charge < -0.3 is 9.31 Å². The van der Waals surface area contributed by atoms with Crippen LogP contribution in [0.2, 0.25) is 0 Å². The Hall–Kier alpha value is -1.24. The summed E-state index contributed by atoms with van der Waals surface area (Å²) in [6.07, 6.45) is 1.09. The average Bonchev–Trinajstić information content (AvgIpc) is 2.25. The fourth-order valence-electron chi connectivity index (χ4n) is 2.04. The number of hydrogen-bond donors (Lipinski definition) is 0. The first kappa shape index (κ1) is 12.2. The minimum Gasteiger partial charge on any atom is -0.398 e. The van der Waals surface area contributed by atoms with E-state index >= 15 is 0 Å². The Labute approximate surface area is 103 Å². The van der Waals surface area contributed by atoms with Gasteiger partial charge in [0.2, 0.25) is 0 Å². The average molecular weight is 228 g/mol. The van der Waals surface area contributed by atoms with E-state index in [-0.39, 0.29) is 11.7 Å². The Morgan fingerprint density at radius 3 is 2.65 bits per heavy atom. The second-order valence-corrected chi connectivity index (χ2v) is 5.00. The van der Waals surface area contributed by atoms with Gasteiger partial charge in [0, 0.05) is 11.7 Å². The maximum Gasteiger partial charge on any atom is 0.551 e. The van der Waals surface area contributed by atoms with Crippen molar-refractivity contribution in [2.24, 2.45) is 0 Å². The lowest BCUT2D eigenvalue weighted by Gasteiger charge is -2.36. The Morgan fingerprint density at radius 2 is 2.00 bits per heavy atom. The van der Waals surface area contributed by atoms with E-state index in [1.165, 1.54) is 0 Å². The van der Waals surface area contributed by atoms with Gasteiger partial charge in [-0.25, -0.2) is 0 Å². The van der Waals surface area contributed by atoms with Crippen LogP contribution in [-0.4, -0.2) is 18.8 Å². The van der Waals surface area contributed by atoms with Crippen molar-refractivity contribution in [3.05, 3.63) is 35.9 Å².